The maximum Gasteiger partial charge on any atom is 0.164 e. The highest BCUT2D eigenvalue weighted by Crippen LogP contribution is 2.41. The minimum absolute atomic E-state index is 0.621. The number of aromatic nitrogens is 10. The lowest BCUT2D eigenvalue weighted by Gasteiger charge is -2.11. The smallest absolute Gasteiger partial charge is 0.164 e. The monoisotopic (exact) mass is 1610 g/mol. The number of nitrogens with zero attached hydrogens (tertiary/aromatic N) is 10. The van der Waals surface area contributed by atoms with Crippen LogP contribution in [0.4, 0.5) is 0 Å². The van der Waals surface area contributed by atoms with Crippen LogP contribution in [0, 0.1) is 0 Å². The van der Waals surface area contributed by atoms with Gasteiger partial charge in [-0.25, -0.2) is 49.8 Å². The second-order valence-electron chi connectivity index (χ2n) is 31.4. The van der Waals surface area contributed by atoms with Crippen molar-refractivity contribution < 1.29 is 8.83 Å². The van der Waals surface area contributed by atoms with Crippen molar-refractivity contribution in [2.24, 2.45) is 0 Å². The molecule has 0 atom stereocenters. The molecule has 0 amide bonds. The number of fused-ring (bicyclic) bond motifs is 10. The average molecular weight is 1610 g/mol. The van der Waals surface area contributed by atoms with E-state index in [1.165, 1.54) is 11.1 Å². The van der Waals surface area contributed by atoms with E-state index in [-0.39, 0.29) is 0 Å². The van der Waals surface area contributed by atoms with Crippen LogP contribution in [0.1, 0.15) is 0 Å². The Morgan fingerprint density at radius 2 is 0.389 bits per heavy atom. The van der Waals surface area contributed by atoms with E-state index in [9.17, 15) is 0 Å². The van der Waals surface area contributed by atoms with Gasteiger partial charge in [-0.15, -0.1) is 0 Å². The molecule has 0 spiro atoms. The molecule has 12 heteroatoms. The van der Waals surface area contributed by atoms with Crippen molar-refractivity contribution in [3.8, 4) is 157 Å². The highest BCUT2D eigenvalue weighted by molar-refractivity contribution is 6.11. The van der Waals surface area contributed by atoms with Gasteiger partial charge >= 0.3 is 0 Å². The summed E-state index contributed by atoms with van der Waals surface area (Å²) in [4.78, 5) is 50.3. The summed E-state index contributed by atoms with van der Waals surface area (Å²) in [5.74, 6) is 3.77. The number of hydrogen-bond acceptors (Lipinski definition) is 12. The minimum Gasteiger partial charge on any atom is -0.456 e. The van der Waals surface area contributed by atoms with Crippen molar-refractivity contribution in [2.45, 2.75) is 0 Å². The molecule has 0 radical (unpaired) electrons. The quantitative estimate of drug-likeness (QED) is 0.0952. The van der Waals surface area contributed by atoms with Gasteiger partial charge in [0.15, 0.2) is 34.9 Å². The van der Waals surface area contributed by atoms with Crippen molar-refractivity contribution in [2.75, 3.05) is 0 Å². The molecule has 0 fully saturated rings. The Morgan fingerprint density at radius 3 is 0.825 bits per heavy atom. The van der Waals surface area contributed by atoms with Gasteiger partial charge in [0.25, 0.3) is 0 Å². The summed E-state index contributed by atoms with van der Waals surface area (Å²) in [5.41, 5.74) is 33.4. The highest BCUT2D eigenvalue weighted by atomic mass is 16.3. The van der Waals surface area contributed by atoms with E-state index >= 15 is 0 Å². The average Bonchev–Trinajstić information content (AvgIpc) is 1.44. The van der Waals surface area contributed by atoms with Crippen molar-refractivity contribution in [1.29, 1.82) is 0 Å². The molecular formula is C114H70N10O2. The van der Waals surface area contributed by atoms with E-state index in [4.69, 9.17) is 58.7 Å². The van der Waals surface area contributed by atoms with Gasteiger partial charge in [-0.05, 0) is 150 Å². The normalized spacial score (nSPS) is 11.5. The molecular weight excluding hydrogens is 1540 g/mol. The van der Waals surface area contributed by atoms with Gasteiger partial charge in [0, 0.05) is 72.6 Å². The van der Waals surface area contributed by atoms with Crippen molar-refractivity contribution in [3.63, 3.8) is 0 Å². The number of para-hydroxylation sites is 3. The van der Waals surface area contributed by atoms with E-state index in [1.54, 1.807) is 0 Å². The third-order valence-corrected chi connectivity index (χ3v) is 23.4. The van der Waals surface area contributed by atoms with Crippen molar-refractivity contribution in [1.82, 2.24) is 49.8 Å². The first-order valence-electron chi connectivity index (χ1n) is 41.9. The lowest BCUT2D eigenvalue weighted by atomic mass is 9.96. The molecule has 0 saturated carbocycles. The van der Waals surface area contributed by atoms with Crippen LogP contribution >= 0.6 is 0 Å². The van der Waals surface area contributed by atoms with Crippen molar-refractivity contribution >= 4 is 88.0 Å². The summed E-state index contributed by atoms with van der Waals surface area (Å²) in [6.07, 6.45) is 0. The number of benzene rings is 18. The molecule has 12 nitrogen and oxygen atoms in total. The largest absolute Gasteiger partial charge is 0.456 e. The van der Waals surface area contributed by atoms with Gasteiger partial charge in [-0.1, -0.05) is 346 Å². The zero-order chi connectivity index (χ0) is 83.4. The van der Waals surface area contributed by atoms with Gasteiger partial charge in [0.05, 0.1) is 44.1 Å². The molecule has 0 aliphatic heterocycles. The van der Waals surface area contributed by atoms with Crippen LogP contribution in [-0.4, -0.2) is 49.8 Å². The van der Waals surface area contributed by atoms with Crippen LogP contribution in [0.25, 0.3) is 245 Å². The lowest BCUT2D eigenvalue weighted by molar-refractivity contribution is 0.669. The molecule has 0 bridgehead atoms. The molecule has 6 heterocycles. The predicted molar refractivity (Wildman–Crippen MR) is 512 cm³/mol. The molecule has 0 aliphatic carbocycles. The first kappa shape index (κ1) is 73.9. The Bertz CT molecular complexity index is 8280. The highest BCUT2D eigenvalue weighted by Gasteiger charge is 2.20. The Labute approximate surface area is 724 Å². The summed E-state index contributed by atoms with van der Waals surface area (Å²) in [7, 11) is 0. The molecule has 0 saturated heterocycles. The molecule has 6 aromatic heterocycles. The number of furan rings is 2. The Morgan fingerprint density at radius 1 is 0.127 bits per heavy atom. The predicted octanol–water partition coefficient (Wildman–Crippen LogP) is 29.1. The van der Waals surface area contributed by atoms with E-state index in [1.807, 2.05) is 127 Å². The molecule has 0 aliphatic rings. The second-order valence-corrected chi connectivity index (χ2v) is 31.4. The summed E-state index contributed by atoms with van der Waals surface area (Å²) >= 11 is 0. The van der Waals surface area contributed by atoms with Gasteiger partial charge < -0.3 is 8.83 Å². The van der Waals surface area contributed by atoms with Crippen molar-refractivity contribution in [3.05, 3.63) is 425 Å². The van der Waals surface area contributed by atoms with Crippen LogP contribution in [0.3, 0.4) is 0 Å². The molecule has 18 aromatic carbocycles. The standard InChI is InChI=1S/2C57H35N5O/c1-3-12-36(13-4-1)37-28-30-41(31-29-37)56-60-55(40-14-5-2-6-15-40)61-57(62-56)45-19-10-17-43(33-45)39-26-24-38(25-27-39)42-16-9-18-44(32-42)46-21-11-22-49-54(46)59-50-34-48-47-20-7-8-23-52(47)63-53(48)35-51(50)58-49;1-3-11-36(12-4-1)37-25-27-41(28-26-37)56-60-55(40-13-5-2-6-14-40)61-57(62-56)46-18-10-16-43(32-46)39-23-21-38(22-24-39)42-15-9-17-44(31-42)45-29-30-49-50(33-45)59-52-35-54-48(34-51(52)58-49)47-19-7-8-20-53(47)63-54/h2*1-35H. The molecule has 24 aromatic rings. The topological polar surface area (TPSA) is 155 Å². The number of rotatable bonds is 14. The van der Waals surface area contributed by atoms with E-state index < -0.39 is 0 Å². The third-order valence-electron chi connectivity index (χ3n) is 23.4. The zero-order valence-electron chi connectivity index (χ0n) is 67.7. The third kappa shape index (κ3) is 14.4. The fourth-order valence-electron chi connectivity index (χ4n) is 16.9. The molecule has 24 rings (SSSR count). The van der Waals surface area contributed by atoms with Gasteiger partial charge in [0.1, 0.15) is 22.3 Å². The van der Waals surface area contributed by atoms with Gasteiger partial charge in [-0.3, -0.25) is 0 Å². The summed E-state index contributed by atoms with van der Waals surface area (Å²) in [6, 6.07) is 146. The number of hydrogen-bond donors (Lipinski definition) is 0. The summed E-state index contributed by atoms with van der Waals surface area (Å²) < 4.78 is 12.3. The molecule has 0 N–H and O–H groups in total. The second kappa shape index (κ2) is 31.7. The SMILES string of the molecule is c1ccc(-c2ccc(-c3nc(-c4ccccc4)nc(-c4cccc(-c5ccc(-c6cccc(-c7ccc8nc9cc%10c(cc9nc8c7)oc7ccccc7%10)c6)cc5)c4)n3)cc2)cc1.c1ccc(-c2ccc(-c3nc(-c4ccccc4)nc(-c4cccc(-c5ccc(-c6cccc(-c7cccc8nc9cc%10oc%11ccccc%11c%10cc9nc78)c6)cc5)c4)n3)cc2)cc1. The first-order chi connectivity index (χ1) is 62.3. The lowest BCUT2D eigenvalue weighted by Crippen LogP contribution is -2.00. The van der Waals surface area contributed by atoms with Crippen LogP contribution < -0.4 is 0 Å². The Hall–Kier alpha value is -17.2. The fourth-order valence-corrected chi connectivity index (χ4v) is 16.9. The Kier molecular flexibility index (Phi) is 18.6. The van der Waals surface area contributed by atoms with E-state index in [2.05, 4.69) is 297 Å². The van der Waals surface area contributed by atoms with Gasteiger partial charge in [0.2, 0.25) is 0 Å². The Balaban J connectivity index is 0.000000145. The van der Waals surface area contributed by atoms with Crippen LogP contribution in [-0.2, 0) is 0 Å². The van der Waals surface area contributed by atoms with Gasteiger partial charge in [-0.2, -0.15) is 0 Å². The van der Waals surface area contributed by atoms with E-state index in [0.29, 0.717) is 34.9 Å². The maximum atomic E-state index is 6.15. The summed E-state index contributed by atoms with van der Waals surface area (Å²) in [6.45, 7) is 0. The first-order valence-corrected chi connectivity index (χ1v) is 41.9. The van der Waals surface area contributed by atoms with Crippen LogP contribution in [0.2, 0.25) is 0 Å². The molecule has 588 valence electrons. The van der Waals surface area contributed by atoms with E-state index in [0.717, 1.165) is 199 Å². The zero-order valence-corrected chi connectivity index (χ0v) is 67.7. The minimum atomic E-state index is 0.621. The molecule has 126 heavy (non-hydrogen) atoms. The van der Waals surface area contributed by atoms with Crippen LogP contribution in [0.15, 0.2) is 433 Å². The maximum absolute atomic E-state index is 6.15. The molecule has 0 unspecified atom stereocenters. The van der Waals surface area contributed by atoms with Crippen LogP contribution in [0.5, 0.6) is 0 Å². The fraction of sp³-hybridized carbons (Fsp3) is 0. The summed E-state index contributed by atoms with van der Waals surface area (Å²) in [5, 5.41) is 4.25.